The van der Waals surface area contributed by atoms with Crippen LogP contribution in [0.2, 0.25) is 0 Å². The molecule has 0 bridgehead atoms. The summed E-state index contributed by atoms with van der Waals surface area (Å²) in [6, 6.07) is 17.0. The normalized spacial score (nSPS) is 10.3. The lowest BCUT2D eigenvalue weighted by Crippen LogP contribution is -2.18. The van der Waals surface area contributed by atoms with Crippen molar-refractivity contribution in [1.29, 1.82) is 0 Å². The van der Waals surface area contributed by atoms with Crippen LogP contribution in [0.15, 0.2) is 60.7 Å². The maximum atomic E-state index is 12.2. The minimum atomic E-state index is -0.698. The van der Waals surface area contributed by atoms with Gasteiger partial charge in [-0.2, -0.15) is 0 Å². The van der Waals surface area contributed by atoms with Gasteiger partial charge in [0.05, 0.1) is 25.3 Å². The molecule has 0 unspecified atom stereocenters. The molecule has 0 aliphatic heterocycles. The fourth-order valence-electron chi connectivity index (χ4n) is 2.75. The summed E-state index contributed by atoms with van der Waals surface area (Å²) in [5.41, 5.74) is 0.0985. The van der Waals surface area contributed by atoms with E-state index in [1.807, 2.05) is 36.4 Å². The van der Waals surface area contributed by atoms with Gasteiger partial charge in [-0.25, -0.2) is 14.4 Å². The minimum absolute atomic E-state index is 0.000167. The molecule has 0 heterocycles. The summed E-state index contributed by atoms with van der Waals surface area (Å²) in [4.78, 5) is 35.9. The van der Waals surface area contributed by atoms with E-state index in [2.05, 4.69) is 9.47 Å². The van der Waals surface area contributed by atoms with Crippen LogP contribution >= 0.6 is 0 Å². The maximum Gasteiger partial charge on any atom is 0.349 e. The molecule has 0 aliphatic rings. The Hall–Kier alpha value is -3.87. The Morgan fingerprint density at radius 1 is 0.793 bits per heavy atom. The van der Waals surface area contributed by atoms with Crippen molar-refractivity contribution in [2.45, 2.75) is 0 Å². The first-order valence-corrected chi connectivity index (χ1v) is 8.65. The van der Waals surface area contributed by atoms with Gasteiger partial charge in [0.25, 0.3) is 0 Å². The number of carbonyl (C=O) groups is 3. The van der Waals surface area contributed by atoms with Gasteiger partial charge in [0, 0.05) is 5.39 Å². The van der Waals surface area contributed by atoms with E-state index in [0.29, 0.717) is 5.75 Å². The van der Waals surface area contributed by atoms with E-state index in [1.54, 1.807) is 6.07 Å². The molecule has 3 aromatic carbocycles. The van der Waals surface area contributed by atoms with E-state index in [0.717, 1.165) is 10.8 Å². The molecule has 0 spiro atoms. The van der Waals surface area contributed by atoms with Crippen LogP contribution in [0.5, 0.6) is 11.5 Å². The molecule has 7 nitrogen and oxygen atoms in total. The minimum Gasteiger partial charge on any atom is -0.481 e. The van der Waals surface area contributed by atoms with Crippen LogP contribution in [0.4, 0.5) is 0 Å². The summed E-state index contributed by atoms with van der Waals surface area (Å²) < 4.78 is 20.1. The zero-order valence-electron chi connectivity index (χ0n) is 15.8. The average molecular weight is 394 g/mol. The molecule has 0 N–H and O–H groups in total. The van der Waals surface area contributed by atoms with Gasteiger partial charge in [0.2, 0.25) is 0 Å². The smallest absolute Gasteiger partial charge is 0.349 e. The van der Waals surface area contributed by atoms with Crippen LogP contribution in [-0.4, -0.2) is 38.7 Å². The lowest BCUT2D eigenvalue weighted by molar-refractivity contribution is -0.136. The highest BCUT2D eigenvalue weighted by molar-refractivity contribution is 5.96. The van der Waals surface area contributed by atoms with Crippen LogP contribution in [-0.2, 0) is 14.3 Å². The molecule has 3 rings (SSSR count). The number of esters is 3. The fraction of sp³-hybridized carbons (Fsp3) is 0.136. The van der Waals surface area contributed by atoms with Gasteiger partial charge < -0.3 is 18.9 Å². The second-order valence-electron chi connectivity index (χ2n) is 5.97. The third-order valence-electron chi connectivity index (χ3n) is 4.08. The summed E-state index contributed by atoms with van der Waals surface area (Å²) in [5, 5.41) is 1.84. The van der Waals surface area contributed by atoms with Crippen molar-refractivity contribution in [2.24, 2.45) is 0 Å². The van der Waals surface area contributed by atoms with Crippen molar-refractivity contribution < 1.29 is 33.3 Å². The number of methoxy groups -OCH3 is 2. The summed E-state index contributed by atoms with van der Waals surface area (Å²) in [7, 11) is 2.41. The van der Waals surface area contributed by atoms with Crippen LogP contribution in [0.3, 0.4) is 0 Å². The summed E-state index contributed by atoms with van der Waals surface area (Å²) in [6.07, 6.45) is 0. The molecule has 0 saturated carbocycles. The fourth-order valence-corrected chi connectivity index (χ4v) is 2.75. The SMILES string of the molecule is COC(=O)c1cc(OC(=O)COc2cccc3ccccc23)cc(C(=O)OC)c1. The Morgan fingerprint density at radius 3 is 2.07 bits per heavy atom. The van der Waals surface area contributed by atoms with E-state index in [4.69, 9.17) is 9.47 Å². The number of carbonyl (C=O) groups excluding carboxylic acids is 3. The van der Waals surface area contributed by atoms with E-state index in [9.17, 15) is 14.4 Å². The van der Waals surface area contributed by atoms with Gasteiger partial charge in [-0.15, -0.1) is 0 Å². The number of ether oxygens (including phenoxy) is 4. The van der Waals surface area contributed by atoms with Crippen LogP contribution in [0.1, 0.15) is 20.7 Å². The molecular weight excluding hydrogens is 376 g/mol. The van der Waals surface area contributed by atoms with Gasteiger partial charge in [0.15, 0.2) is 6.61 Å². The van der Waals surface area contributed by atoms with Crippen molar-refractivity contribution in [3.8, 4) is 11.5 Å². The van der Waals surface area contributed by atoms with Gasteiger partial charge in [-0.1, -0.05) is 36.4 Å². The molecule has 0 saturated heterocycles. The predicted molar refractivity (Wildman–Crippen MR) is 104 cm³/mol. The highest BCUT2D eigenvalue weighted by Crippen LogP contribution is 2.25. The van der Waals surface area contributed by atoms with Crippen LogP contribution in [0.25, 0.3) is 10.8 Å². The topological polar surface area (TPSA) is 88.1 Å². The Morgan fingerprint density at radius 2 is 1.41 bits per heavy atom. The zero-order chi connectivity index (χ0) is 20.8. The summed E-state index contributed by atoms with van der Waals surface area (Å²) in [5.74, 6) is -1.52. The number of hydrogen-bond acceptors (Lipinski definition) is 7. The molecule has 0 amide bonds. The number of fused-ring (bicyclic) bond motifs is 1. The molecule has 3 aromatic rings. The monoisotopic (exact) mass is 394 g/mol. The van der Waals surface area contributed by atoms with Crippen molar-refractivity contribution in [3.05, 3.63) is 71.8 Å². The van der Waals surface area contributed by atoms with Crippen molar-refractivity contribution in [1.82, 2.24) is 0 Å². The molecular formula is C22H18O7. The molecule has 7 heteroatoms. The molecule has 29 heavy (non-hydrogen) atoms. The molecule has 0 atom stereocenters. The average Bonchev–Trinajstić information content (AvgIpc) is 2.76. The largest absolute Gasteiger partial charge is 0.481 e. The van der Waals surface area contributed by atoms with Gasteiger partial charge in [-0.3, -0.25) is 0 Å². The predicted octanol–water partition coefficient (Wildman–Crippen LogP) is 3.40. The Balaban J connectivity index is 1.76. The first-order valence-electron chi connectivity index (χ1n) is 8.65. The zero-order valence-corrected chi connectivity index (χ0v) is 15.8. The molecule has 148 valence electrons. The van der Waals surface area contributed by atoms with Gasteiger partial charge in [0.1, 0.15) is 11.5 Å². The molecule has 0 fully saturated rings. The molecule has 0 radical (unpaired) electrons. The van der Waals surface area contributed by atoms with E-state index in [1.165, 1.54) is 32.4 Å². The first-order chi connectivity index (χ1) is 14.0. The third kappa shape index (κ3) is 4.70. The van der Waals surface area contributed by atoms with Crippen molar-refractivity contribution >= 4 is 28.7 Å². The quantitative estimate of drug-likeness (QED) is 0.468. The van der Waals surface area contributed by atoms with Gasteiger partial charge >= 0.3 is 17.9 Å². The Kier molecular flexibility index (Phi) is 6.09. The second kappa shape index (κ2) is 8.88. The van der Waals surface area contributed by atoms with E-state index in [-0.39, 0.29) is 23.5 Å². The number of benzene rings is 3. The lowest BCUT2D eigenvalue weighted by atomic mass is 10.1. The lowest BCUT2D eigenvalue weighted by Gasteiger charge is -2.11. The third-order valence-corrected chi connectivity index (χ3v) is 4.08. The van der Waals surface area contributed by atoms with Crippen molar-refractivity contribution in [3.63, 3.8) is 0 Å². The van der Waals surface area contributed by atoms with Gasteiger partial charge in [-0.05, 0) is 29.7 Å². The standard InChI is InChI=1S/C22H18O7/c1-26-21(24)15-10-16(22(25)27-2)12-17(11-15)29-20(23)13-28-19-9-5-7-14-6-3-4-8-18(14)19/h3-12H,13H2,1-2H3. The Bertz CT molecular complexity index is 1030. The molecule has 0 aromatic heterocycles. The highest BCUT2D eigenvalue weighted by atomic mass is 16.6. The maximum absolute atomic E-state index is 12.2. The molecule has 0 aliphatic carbocycles. The number of hydrogen-bond donors (Lipinski definition) is 0. The van der Waals surface area contributed by atoms with Crippen molar-refractivity contribution in [2.75, 3.05) is 20.8 Å². The highest BCUT2D eigenvalue weighted by Gasteiger charge is 2.16. The summed E-state index contributed by atoms with van der Waals surface area (Å²) in [6.45, 7) is -0.357. The summed E-state index contributed by atoms with van der Waals surface area (Å²) >= 11 is 0. The number of rotatable bonds is 6. The first kappa shape index (κ1) is 19.9. The second-order valence-corrected chi connectivity index (χ2v) is 5.97. The van der Waals surface area contributed by atoms with Crippen LogP contribution < -0.4 is 9.47 Å². The van der Waals surface area contributed by atoms with E-state index >= 15 is 0 Å². The van der Waals surface area contributed by atoms with E-state index < -0.39 is 17.9 Å². The van der Waals surface area contributed by atoms with Crippen LogP contribution in [0, 0.1) is 0 Å². The Labute approximate surface area is 166 Å².